The maximum atomic E-state index is 4.76. The molecule has 0 radical (unpaired) electrons. The van der Waals surface area contributed by atoms with Crippen molar-refractivity contribution >= 4 is 27.6 Å². The molecule has 3 aromatic heterocycles. The molecule has 5 heteroatoms. The molecule has 5 nitrogen and oxygen atoms in total. The lowest BCUT2D eigenvalue weighted by Gasteiger charge is -2.12. The summed E-state index contributed by atoms with van der Waals surface area (Å²) in [5, 5.41) is 10.3. The van der Waals surface area contributed by atoms with Gasteiger partial charge in [0.15, 0.2) is 5.65 Å². The third-order valence-corrected chi connectivity index (χ3v) is 4.03. The number of rotatable bonds is 3. The topological polar surface area (TPSA) is 55.6 Å². The number of hydrogen-bond donors (Lipinski definition) is 1. The zero-order chi connectivity index (χ0) is 15.8. The van der Waals surface area contributed by atoms with E-state index in [4.69, 9.17) is 4.98 Å². The summed E-state index contributed by atoms with van der Waals surface area (Å²) in [4.78, 5) is 8.94. The first kappa shape index (κ1) is 13.7. The first-order valence-corrected chi connectivity index (χ1v) is 7.59. The molecule has 4 rings (SSSR count). The lowest BCUT2D eigenvalue weighted by atomic mass is 10.1. The van der Waals surface area contributed by atoms with Crippen LogP contribution in [0.1, 0.15) is 11.3 Å². The number of nitrogens with zero attached hydrogens (tertiary/aromatic N) is 4. The Morgan fingerprint density at radius 1 is 1.13 bits per heavy atom. The standard InChI is InChI=1S/C18H17N5/c1-12-16-17(20-11-13-6-5-9-19-10-13)14-7-3-4-8-15(14)21-18(16)23(2)22-12/h3-10H,11H2,1-2H3,(H,20,21). The van der Waals surface area contributed by atoms with Crippen molar-refractivity contribution in [1.29, 1.82) is 0 Å². The summed E-state index contributed by atoms with van der Waals surface area (Å²) in [7, 11) is 1.93. The molecular formula is C18H17N5. The average Bonchev–Trinajstić information content (AvgIpc) is 2.87. The molecule has 4 aromatic rings. The first-order chi connectivity index (χ1) is 11.2. The molecule has 0 aliphatic carbocycles. The number of benzene rings is 1. The molecule has 114 valence electrons. The van der Waals surface area contributed by atoms with E-state index in [1.807, 2.05) is 49.1 Å². The second kappa shape index (κ2) is 5.35. The first-order valence-electron chi connectivity index (χ1n) is 7.59. The van der Waals surface area contributed by atoms with E-state index in [9.17, 15) is 0 Å². The minimum absolute atomic E-state index is 0.714. The Labute approximate surface area is 134 Å². The minimum Gasteiger partial charge on any atom is -0.380 e. The smallest absolute Gasteiger partial charge is 0.160 e. The van der Waals surface area contributed by atoms with Gasteiger partial charge in [0.05, 0.1) is 22.3 Å². The van der Waals surface area contributed by atoms with E-state index in [-0.39, 0.29) is 0 Å². The number of nitrogens with one attached hydrogen (secondary N) is 1. The summed E-state index contributed by atoms with van der Waals surface area (Å²) < 4.78 is 1.84. The summed E-state index contributed by atoms with van der Waals surface area (Å²) >= 11 is 0. The molecular weight excluding hydrogens is 286 g/mol. The molecule has 0 atom stereocenters. The van der Waals surface area contributed by atoms with E-state index in [2.05, 4.69) is 27.5 Å². The highest BCUT2D eigenvalue weighted by Gasteiger charge is 2.15. The minimum atomic E-state index is 0.714. The van der Waals surface area contributed by atoms with Gasteiger partial charge in [-0.3, -0.25) is 9.67 Å². The zero-order valence-electron chi connectivity index (χ0n) is 13.1. The number of aryl methyl sites for hydroxylation is 2. The van der Waals surface area contributed by atoms with Gasteiger partial charge in [0.1, 0.15) is 0 Å². The Morgan fingerprint density at radius 2 is 2.00 bits per heavy atom. The van der Waals surface area contributed by atoms with Crippen LogP contribution in [-0.4, -0.2) is 19.7 Å². The molecule has 0 aliphatic heterocycles. The number of hydrogen-bond acceptors (Lipinski definition) is 4. The molecule has 1 aromatic carbocycles. The molecule has 1 N–H and O–H groups in total. The quantitative estimate of drug-likeness (QED) is 0.630. The molecule has 23 heavy (non-hydrogen) atoms. The lowest BCUT2D eigenvalue weighted by Crippen LogP contribution is -2.02. The predicted octanol–water partition coefficient (Wildman–Crippen LogP) is 3.44. The fourth-order valence-electron chi connectivity index (χ4n) is 2.97. The van der Waals surface area contributed by atoms with E-state index in [1.165, 1.54) is 0 Å². The van der Waals surface area contributed by atoms with E-state index < -0.39 is 0 Å². The van der Waals surface area contributed by atoms with Crippen molar-refractivity contribution in [2.45, 2.75) is 13.5 Å². The highest BCUT2D eigenvalue weighted by molar-refractivity contribution is 6.07. The van der Waals surface area contributed by atoms with Crippen molar-refractivity contribution in [1.82, 2.24) is 19.7 Å². The largest absolute Gasteiger partial charge is 0.380 e. The van der Waals surface area contributed by atoms with Crippen molar-refractivity contribution in [3.05, 3.63) is 60.0 Å². The van der Waals surface area contributed by atoms with Crippen LogP contribution in [0.25, 0.3) is 21.9 Å². The van der Waals surface area contributed by atoms with Crippen LogP contribution in [0.4, 0.5) is 5.69 Å². The van der Waals surface area contributed by atoms with Crippen molar-refractivity contribution in [2.24, 2.45) is 7.05 Å². The van der Waals surface area contributed by atoms with Gasteiger partial charge in [-0.05, 0) is 24.6 Å². The van der Waals surface area contributed by atoms with Crippen LogP contribution in [0.15, 0.2) is 48.8 Å². The highest BCUT2D eigenvalue weighted by Crippen LogP contribution is 2.32. The van der Waals surface area contributed by atoms with Gasteiger partial charge >= 0.3 is 0 Å². The molecule has 3 heterocycles. The van der Waals surface area contributed by atoms with Crippen molar-refractivity contribution in [3.63, 3.8) is 0 Å². The Hall–Kier alpha value is -2.95. The summed E-state index contributed by atoms with van der Waals surface area (Å²) in [6.45, 7) is 2.74. The van der Waals surface area contributed by atoms with E-state index in [1.54, 1.807) is 6.20 Å². The number of pyridine rings is 2. The Bertz CT molecular complexity index is 989. The van der Waals surface area contributed by atoms with Crippen molar-refractivity contribution in [2.75, 3.05) is 5.32 Å². The van der Waals surface area contributed by atoms with Gasteiger partial charge in [-0.1, -0.05) is 24.3 Å². The highest BCUT2D eigenvalue weighted by atomic mass is 15.3. The summed E-state index contributed by atoms with van der Waals surface area (Å²) in [6.07, 6.45) is 3.67. The fraction of sp³-hybridized carbons (Fsp3) is 0.167. The van der Waals surface area contributed by atoms with E-state index >= 15 is 0 Å². The third kappa shape index (κ3) is 2.30. The molecule has 0 saturated heterocycles. The number of aromatic nitrogens is 4. The second-order valence-electron chi connectivity index (χ2n) is 5.63. The maximum Gasteiger partial charge on any atom is 0.160 e. The summed E-state index contributed by atoms with van der Waals surface area (Å²) in [6, 6.07) is 12.2. The summed E-state index contributed by atoms with van der Waals surface area (Å²) in [5.74, 6) is 0. The molecule has 0 saturated carbocycles. The van der Waals surface area contributed by atoms with Crippen LogP contribution < -0.4 is 5.32 Å². The molecule has 0 unspecified atom stereocenters. The Morgan fingerprint density at radius 3 is 2.83 bits per heavy atom. The van der Waals surface area contributed by atoms with Crippen molar-refractivity contribution in [3.8, 4) is 0 Å². The lowest BCUT2D eigenvalue weighted by molar-refractivity contribution is 0.775. The van der Waals surface area contributed by atoms with Gasteiger partial charge in [0.2, 0.25) is 0 Å². The van der Waals surface area contributed by atoms with Gasteiger partial charge in [0.25, 0.3) is 0 Å². The maximum absolute atomic E-state index is 4.76. The molecule has 0 aliphatic rings. The predicted molar refractivity (Wildman–Crippen MR) is 92.3 cm³/mol. The van der Waals surface area contributed by atoms with Crippen LogP contribution in [0.2, 0.25) is 0 Å². The van der Waals surface area contributed by atoms with Crippen LogP contribution >= 0.6 is 0 Å². The molecule has 0 spiro atoms. The van der Waals surface area contributed by atoms with Gasteiger partial charge in [-0.25, -0.2) is 4.98 Å². The van der Waals surface area contributed by atoms with Gasteiger partial charge in [-0.2, -0.15) is 5.10 Å². The molecule has 0 bridgehead atoms. The summed E-state index contributed by atoms with van der Waals surface area (Å²) in [5.41, 5.74) is 5.07. The van der Waals surface area contributed by atoms with Gasteiger partial charge in [0, 0.05) is 31.4 Å². The second-order valence-corrected chi connectivity index (χ2v) is 5.63. The van der Waals surface area contributed by atoms with Gasteiger partial charge in [-0.15, -0.1) is 0 Å². The zero-order valence-corrected chi connectivity index (χ0v) is 13.1. The fourth-order valence-corrected chi connectivity index (χ4v) is 2.97. The van der Waals surface area contributed by atoms with Crippen LogP contribution in [-0.2, 0) is 13.6 Å². The normalized spacial score (nSPS) is 11.2. The number of para-hydroxylation sites is 1. The Balaban J connectivity index is 1.90. The monoisotopic (exact) mass is 303 g/mol. The van der Waals surface area contributed by atoms with Gasteiger partial charge < -0.3 is 5.32 Å². The number of fused-ring (bicyclic) bond motifs is 2. The van der Waals surface area contributed by atoms with Crippen molar-refractivity contribution < 1.29 is 0 Å². The average molecular weight is 303 g/mol. The molecule has 0 fully saturated rings. The van der Waals surface area contributed by atoms with Crippen LogP contribution in [0.3, 0.4) is 0 Å². The van der Waals surface area contributed by atoms with E-state index in [0.717, 1.165) is 38.9 Å². The number of anilines is 1. The van der Waals surface area contributed by atoms with Crippen LogP contribution in [0, 0.1) is 6.92 Å². The third-order valence-electron chi connectivity index (χ3n) is 4.03. The Kier molecular flexibility index (Phi) is 3.19. The molecule has 0 amide bonds. The SMILES string of the molecule is Cc1nn(C)c2nc3ccccc3c(NCc3cccnc3)c12. The van der Waals surface area contributed by atoms with E-state index in [0.29, 0.717) is 6.54 Å². The van der Waals surface area contributed by atoms with Crippen LogP contribution in [0.5, 0.6) is 0 Å².